The lowest BCUT2D eigenvalue weighted by Gasteiger charge is -2.44. The standard InChI is InChI=1S/C10H19NO2/c1-10(2)3-7(4-10)11-8-5-13-6-9(8)12/h7-9,11-12H,3-6H2,1-2H3. The Kier molecular flexibility index (Phi) is 2.34. The monoisotopic (exact) mass is 185 g/mol. The van der Waals surface area contributed by atoms with Crippen molar-refractivity contribution < 1.29 is 9.84 Å². The Hall–Kier alpha value is -0.120. The van der Waals surface area contributed by atoms with Gasteiger partial charge in [-0.2, -0.15) is 0 Å². The summed E-state index contributed by atoms with van der Waals surface area (Å²) < 4.78 is 5.18. The first-order valence-electron chi connectivity index (χ1n) is 5.09. The molecule has 0 aromatic rings. The highest BCUT2D eigenvalue weighted by molar-refractivity contribution is 4.95. The Morgan fingerprint density at radius 1 is 1.31 bits per heavy atom. The first-order chi connectivity index (χ1) is 6.07. The third-order valence-corrected chi connectivity index (χ3v) is 3.10. The molecule has 0 aromatic heterocycles. The molecule has 2 aliphatic rings. The van der Waals surface area contributed by atoms with Crippen LogP contribution in [0, 0.1) is 5.41 Å². The second kappa shape index (κ2) is 3.23. The summed E-state index contributed by atoms with van der Waals surface area (Å²) >= 11 is 0. The van der Waals surface area contributed by atoms with Gasteiger partial charge in [-0.05, 0) is 18.3 Å². The normalized spacial score (nSPS) is 39.0. The molecule has 2 rings (SSSR count). The molecule has 0 radical (unpaired) electrons. The molecule has 1 aliphatic heterocycles. The summed E-state index contributed by atoms with van der Waals surface area (Å²) in [6.45, 7) is 5.73. The van der Waals surface area contributed by atoms with Crippen LogP contribution in [0.5, 0.6) is 0 Å². The average molecular weight is 185 g/mol. The Labute approximate surface area is 79.5 Å². The molecular weight excluding hydrogens is 166 g/mol. The third-order valence-electron chi connectivity index (χ3n) is 3.10. The fourth-order valence-electron chi connectivity index (χ4n) is 2.40. The van der Waals surface area contributed by atoms with Gasteiger partial charge in [0.2, 0.25) is 0 Å². The molecule has 1 aliphatic carbocycles. The minimum absolute atomic E-state index is 0.168. The van der Waals surface area contributed by atoms with Gasteiger partial charge in [0.15, 0.2) is 0 Å². The van der Waals surface area contributed by atoms with Gasteiger partial charge in [-0.25, -0.2) is 0 Å². The van der Waals surface area contributed by atoms with Crippen LogP contribution in [0.15, 0.2) is 0 Å². The SMILES string of the molecule is CC1(C)CC(NC2COCC2O)C1. The van der Waals surface area contributed by atoms with Crippen LogP contribution in [0.1, 0.15) is 26.7 Å². The Bertz CT molecular complexity index is 185. The van der Waals surface area contributed by atoms with Gasteiger partial charge in [0, 0.05) is 6.04 Å². The van der Waals surface area contributed by atoms with Crippen LogP contribution < -0.4 is 5.32 Å². The van der Waals surface area contributed by atoms with Crippen molar-refractivity contribution in [1.82, 2.24) is 5.32 Å². The minimum Gasteiger partial charge on any atom is -0.389 e. The zero-order chi connectivity index (χ0) is 9.47. The summed E-state index contributed by atoms with van der Waals surface area (Å²) in [6.07, 6.45) is 2.13. The van der Waals surface area contributed by atoms with Gasteiger partial charge in [-0.15, -0.1) is 0 Å². The largest absolute Gasteiger partial charge is 0.389 e. The van der Waals surface area contributed by atoms with Crippen LogP contribution in [-0.4, -0.2) is 36.5 Å². The van der Waals surface area contributed by atoms with E-state index >= 15 is 0 Å². The van der Waals surface area contributed by atoms with Crippen LogP contribution in [0.3, 0.4) is 0 Å². The van der Waals surface area contributed by atoms with E-state index in [0.29, 0.717) is 24.7 Å². The lowest BCUT2D eigenvalue weighted by molar-refractivity contribution is 0.0888. The van der Waals surface area contributed by atoms with E-state index in [9.17, 15) is 5.11 Å². The van der Waals surface area contributed by atoms with Gasteiger partial charge in [0.1, 0.15) is 0 Å². The van der Waals surface area contributed by atoms with Crippen molar-refractivity contribution in [3.63, 3.8) is 0 Å². The lowest BCUT2D eigenvalue weighted by atomic mass is 9.68. The molecular formula is C10H19NO2. The summed E-state index contributed by atoms with van der Waals surface area (Å²) in [7, 11) is 0. The molecule has 76 valence electrons. The summed E-state index contributed by atoms with van der Waals surface area (Å²) in [5.74, 6) is 0. The molecule has 3 nitrogen and oxygen atoms in total. The predicted octanol–water partition coefficient (Wildman–Crippen LogP) is 0.524. The van der Waals surface area contributed by atoms with Gasteiger partial charge in [0.05, 0.1) is 25.4 Å². The number of nitrogens with one attached hydrogen (secondary N) is 1. The van der Waals surface area contributed by atoms with E-state index in [4.69, 9.17) is 4.74 Å². The third kappa shape index (κ3) is 2.03. The van der Waals surface area contributed by atoms with E-state index in [1.54, 1.807) is 0 Å². The minimum atomic E-state index is -0.302. The van der Waals surface area contributed by atoms with Crippen molar-refractivity contribution >= 4 is 0 Å². The van der Waals surface area contributed by atoms with E-state index < -0.39 is 0 Å². The van der Waals surface area contributed by atoms with Gasteiger partial charge in [-0.1, -0.05) is 13.8 Å². The van der Waals surface area contributed by atoms with Crippen LogP contribution in [0.4, 0.5) is 0 Å². The topological polar surface area (TPSA) is 41.5 Å². The molecule has 2 N–H and O–H groups in total. The number of rotatable bonds is 2. The molecule has 1 heterocycles. The Balaban J connectivity index is 1.74. The molecule has 0 spiro atoms. The van der Waals surface area contributed by atoms with E-state index in [0.717, 1.165) is 0 Å². The van der Waals surface area contributed by atoms with E-state index in [1.807, 2.05) is 0 Å². The van der Waals surface area contributed by atoms with Crippen LogP contribution >= 0.6 is 0 Å². The van der Waals surface area contributed by atoms with Gasteiger partial charge in [0.25, 0.3) is 0 Å². The van der Waals surface area contributed by atoms with Crippen molar-refractivity contribution in [2.45, 2.75) is 44.9 Å². The van der Waals surface area contributed by atoms with Crippen molar-refractivity contribution in [2.75, 3.05) is 13.2 Å². The Morgan fingerprint density at radius 3 is 2.46 bits per heavy atom. The average Bonchev–Trinajstić information content (AvgIpc) is 2.33. The highest BCUT2D eigenvalue weighted by Crippen LogP contribution is 2.40. The molecule has 2 fully saturated rings. The van der Waals surface area contributed by atoms with Crippen molar-refractivity contribution in [3.05, 3.63) is 0 Å². The molecule has 2 atom stereocenters. The molecule has 2 unspecified atom stereocenters. The van der Waals surface area contributed by atoms with Crippen LogP contribution in [0.25, 0.3) is 0 Å². The molecule has 1 saturated carbocycles. The predicted molar refractivity (Wildman–Crippen MR) is 50.6 cm³/mol. The Morgan fingerprint density at radius 2 is 2.00 bits per heavy atom. The van der Waals surface area contributed by atoms with Gasteiger partial charge in [-0.3, -0.25) is 0 Å². The number of hydrogen-bond acceptors (Lipinski definition) is 3. The van der Waals surface area contributed by atoms with Gasteiger partial charge >= 0.3 is 0 Å². The highest BCUT2D eigenvalue weighted by Gasteiger charge is 2.38. The maximum Gasteiger partial charge on any atom is 0.0948 e. The summed E-state index contributed by atoms with van der Waals surface area (Å²) in [5, 5.41) is 12.9. The summed E-state index contributed by atoms with van der Waals surface area (Å²) in [4.78, 5) is 0. The number of ether oxygens (including phenoxy) is 1. The molecule has 1 saturated heterocycles. The van der Waals surface area contributed by atoms with Crippen LogP contribution in [0.2, 0.25) is 0 Å². The molecule has 0 amide bonds. The second-order valence-corrected chi connectivity index (χ2v) is 5.15. The highest BCUT2D eigenvalue weighted by atomic mass is 16.5. The first-order valence-corrected chi connectivity index (χ1v) is 5.09. The molecule has 0 aromatic carbocycles. The first kappa shape index (κ1) is 9.44. The molecule has 13 heavy (non-hydrogen) atoms. The lowest BCUT2D eigenvalue weighted by Crippen LogP contribution is -2.52. The van der Waals surface area contributed by atoms with E-state index in [-0.39, 0.29) is 12.1 Å². The van der Waals surface area contributed by atoms with Crippen molar-refractivity contribution in [2.24, 2.45) is 5.41 Å². The summed E-state index contributed by atoms with van der Waals surface area (Å²) in [5.41, 5.74) is 0.502. The quantitative estimate of drug-likeness (QED) is 0.659. The maximum atomic E-state index is 9.50. The number of hydrogen-bond donors (Lipinski definition) is 2. The number of aliphatic hydroxyl groups is 1. The fraction of sp³-hybridized carbons (Fsp3) is 1.00. The van der Waals surface area contributed by atoms with Crippen molar-refractivity contribution in [3.8, 4) is 0 Å². The zero-order valence-corrected chi connectivity index (χ0v) is 8.42. The molecule has 0 bridgehead atoms. The summed E-state index contributed by atoms with van der Waals surface area (Å²) in [6, 6.07) is 0.762. The van der Waals surface area contributed by atoms with Gasteiger partial charge < -0.3 is 15.2 Å². The molecule has 3 heteroatoms. The number of aliphatic hydroxyl groups excluding tert-OH is 1. The smallest absolute Gasteiger partial charge is 0.0948 e. The van der Waals surface area contributed by atoms with E-state index in [2.05, 4.69) is 19.2 Å². The van der Waals surface area contributed by atoms with Crippen molar-refractivity contribution in [1.29, 1.82) is 0 Å². The second-order valence-electron chi connectivity index (χ2n) is 5.15. The fourth-order valence-corrected chi connectivity index (χ4v) is 2.40. The zero-order valence-electron chi connectivity index (χ0n) is 8.42. The maximum absolute atomic E-state index is 9.50. The van der Waals surface area contributed by atoms with E-state index in [1.165, 1.54) is 12.8 Å². The van der Waals surface area contributed by atoms with Crippen LogP contribution in [-0.2, 0) is 4.74 Å².